The van der Waals surface area contributed by atoms with Gasteiger partial charge in [-0.25, -0.2) is 9.78 Å². The van der Waals surface area contributed by atoms with E-state index < -0.39 is 5.97 Å². The molecular weight excluding hydrogens is 311 g/mol. The largest absolute Gasteiger partial charge is 0.478 e. The van der Waals surface area contributed by atoms with Crippen LogP contribution >= 0.6 is 23.2 Å². The summed E-state index contributed by atoms with van der Waals surface area (Å²) in [4.78, 5) is 15.4. The van der Waals surface area contributed by atoms with Crippen molar-refractivity contribution in [2.45, 2.75) is 6.92 Å². The Morgan fingerprint density at radius 3 is 2.62 bits per heavy atom. The highest BCUT2D eigenvalue weighted by atomic mass is 35.5. The summed E-state index contributed by atoms with van der Waals surface area (Å²) in [6, 6.07) is 10.0. The summed E-state index contributed by atoms with van der Waals surface area (Å²) in [7, 11) is 0. The molecule has 0 fully saturated rings. The van der Waals surface area contributed by atoms with Crippen molar-refractivity contribution >= 4 is 40.2 Å². The van der Waals surface area contributed by atoms with Crippen LogP contribution in [0, 0.1) is 6.92 Å². The average molecular weight is 321 g/mol. The third-order valence-electron chi connectivity index (χ3n) is 3.22. The van der Waals surface area contributed by atoms with Crippen LogP contribution < -0.4 is 0 Å². The van der Waals surface area contributed by atoms with Gasteiger partial charge in [0.05, 0.1) is 27.3 Å². The van der Waals surface area contributed by atoms with Gasteiger partial charge in [-0.1, -0.05) is 23.2 Å². The molecule has 0 unspecified atom stereocenters. The third-order valence-corrected chi connectivity index (χ3v) is 3.76. The Morgan fingerprint density at radius 1 is 1.19 bits per heavy atom. The highest BCUT2D eigenvalue weighted by Crippen LogP contribution is 2.29. The number of aromatic nitrogens is 2. The van der Waals surface area contributed by atoms with E-state index in [-0.39, 0.29) is 5.56 Å². The molecular formula is C15H10Cl2N2O2. The van der Waals surface area contributed by atoms with Crippen LogP contribution in [0.15, 0.2) is 36.4 Å². The van der Waals surface area contributed by atoms with Crippen LogP contribution in [0.25, 0.3) is 16.7 Å². The Morgan fingerprint density at radius 2 is 1.95 bits per heavy atom. The maximum atomic E-state index is 11.0. The first kappa shape index (κ1) is 13.9. The number of aryl methyl sites for hydroxylation is 1. The molecule has 0 amide bonds. The van der Waals surface area contributed by atoms with E-state index in [0.29, 0.717) is 15.6 Å². The fourth-order valence-corrected chi connectivity index (χ4v) is 2.79. The second-order valence-electron chi connectivity index (χ2n) is 4.60. The summed E-state index contributed by atoms with van der Waals surface area (Å²) >= 11 is 12.2. The van der Waals surface area contributed by atoms with Crippen LogP contribution in [0.3, 0.4) is 0 Å². The van der Waals surface area contributed by atoms with Gasteiger partial charge < -0.3 is 5.11 Å². The number of halogens is 2. The lowest BCUT2D eigenvalue weighted by molar-refractivity contribution is 0.0697. The second kappa shape index (κ2) is 5.06. The molecule has 0 aliphatic carbocycles. The van der Waals surface area contributed by atoms with E-state index in [2.05, 4.69) is 4.98 Å². The molecule has 0 saturated carbocycles. The SMILES string of the molecule is Cc1nc2cc(C(=O)O)ccc2n1-c1ccc(Cl)cc1Cl. The predicted octanol–water partition coefficient (Wildman–Crippen LogP) is 4.34. The van der Waals surface area contributed by atoms with Crippen molar-refractivity contribution in [3.05, 3.63) is 57.8 Å². The topological polar surface area (TPSA) is 55.1 Å². The zero-order chi connectivity index (χ0) is 15.1. The van der Waals surface area contributed by atoms with Crippen molar-refractivity contribution in [3.8, 4) is 5.69 Å². The van der Waals surface area contributed by atoms with E-state index in [1.807, 2.05) is 17.6 Å². The standard InChI is InChI=1S/C15H10Cl2N2O2/c1-8-18-12-6-9(15(20)21)2-4-14(12)19(8)13-5-3-10(16)7-11(13)17/h2-7H,1H3,(H,20,21). The van der Waals surface area contributed by atoms with Gasteiger partial charge >= 0.3 is 5.97 Å². The molecule has 1 aromatic heterocycles. The lowest BCUT2D eigenvalue weighted by Gasteiger charge is -2.09. The molecule has 2 aromatic carbocycles. The maximum Gasteiger partial charge on any atom is 0.335 e. The highest BCUT2D eigenvalue weighted by molar-refractivity contribution is 6.35. The number of carbonyl (C=O) groups is 1. The van der Waals surface area contributed by atoms with Crippen molar-refractivity contribution in [2.24, 2.45) is 0 Å². The lowest BCUT2D eigenvalue weighted by atomic mass is 10.2. The fraction of sp³-hybridized carbons (Fsp3) is 0.0667. The molecule has 0 atom stereocenters. The predicted molar refractivity (Wildman–Crippen MR) is 82.8 cm³/mol. The van der Waals surface area contributed by atoms with E-state index in [4.69, 9.17) is 28.3 Å². The van der Waals surface area contributed by atoms with Gasteiger partial charge in [-0.3, -0.25) is 4.57 Å². The van der Waals surface area contributed by atoms with E-state index in [0.717, 1.165) is 17.0 Å². The normalized spacial score (nSPS) is 11.0. The number of benzene rings is 2. The van der Waals surface area contributed by atoms with Gasteiger partial charge in [0.1, 0.15) is 5.82 Å². The molecule has 3 aromatic rings. The Bertz CT molecular complexity index is 871. The van der Waals surface area contributed by atoms with Crippen LogP contribution in [0.5, 0.6) is 0 Å². The minimum Gasteiger partial charge on any atom is -0.478 e. The molecule has 106 valence electrons. The summed E-state index contributed by atoms with van der Waals surface area (Å²) in [6.45, 7) is 1.84. The molecule has 1 N–H and O–H groups in total. The van der Waals surface area contributed by atoms with E-state index >= 15 is 0 Å². The van der Waals surface area contributed by atoms with Gasteiger partial charge in [0.2, 0.25) is 0 Å². The van der Waals surface area contributed by atoms with Crippen molar-refractivity contribution in [3.63, 3.8) is 0 Å². The molecule has 0 radical (unpaired) electrons. The zero-order valence-electron chi connectivity index (χ0n) is 11.0. The number of rotatable bonds is 2. The lowest BCUT2D eigenvalue weighted by Crippen LogP contribution is -1.98. The monoisotopic (exact) mass is 320 g/mol. The van der Waals surface area contributed by atoms with Gasteiger partial charge in [-0.05, 0) is 43.3 Å². The van der Waals surface area contributed by atoms with Crippen molar-refractivity contribution in [2.75, 3.05) is 0 Å². The Kier molecular flexibility index (Phi) is 3.35. The second-order valence-corrected chi connectivity index (χ2v) is 5.44. The molecule has 0 saturated heterocycles. The van der Waals surface area contributed by atoms with E-state index in [1.165, 1.54) is 0 Å². The summed E-state index contributed by atoms with van der Waals surface area (Å²) in [6.07, 6.45) is 0. The number of hydrogen-bond donors (Lipinski definition) is 1. The van der Waals surface area contributed by atoms with Crippen LogP contribution in [0.1, 0.15) is 16.2 Å². The number of imidazole rings is 1. The van der Waals surface area contributed by atoms with Gasteiger partial charge in [0.15, 0.2) is 0 Å². The Labute approximate surface area is 130 Å². The molecule has 3 rings (SSSR count). The molecule has 0 aliphatic rings. The number of aromatic carboxylic acids is 1. The van der Waals surface area contributed by atoms with Gasteiger partial charge in [0, 0.05) is 5.02 Å². The fourth-order valence-electron chi connectivity index (χ4n) is 2.30. The van der Waals surface area contributed by atoms with Crippen LogP contribution in [0.2, 0.25) is 10.0 Å². The molecule has 4 nitrogen and oxygen atoms in total. The average Bonchev–Trinajstić information content (AvgIpc) is 2.74. The van der Waals surface area contributed by atoms with Gasteiger partial charge in [-0.2, -0.15) is 0 Å². The summed E-state index contributed by atoms with van der Waals surface area (Å²) < 4.78 is 1.87. The first-order valence-corrected chi connectivity index (χ1v) is 6.91. The Hall–Kier alpha value is -2.04. The van der Waals surface area contributed by atoms with Crippen molar-refractivity contribution in [1.29, 1.82) is 0 Å². The summed E-state index contributed by atoms with van der Waals surface area (Å²) in [5.74, 6) is -0.259. The number of carboxylic acids is 1. The minimum atomic E-state index is -0.978. The first-order chi connectivity index (χ1) is 9.97. The van der Waals surface area contributed by atoms with Gasteiger partial charge in [-0.15, -0.1) is 0 Å². The molecule has 21 heavy (non-hydrogen) atoms. The third kappa shape index (κ3) is 2.37. The van der Waals surface area contributed by atoms with E-state index in [1.54, 1.807) is 30.3 Å². The van der Waals surface area contributed by atoms with Crippen LogP contribution in [-0.2, 0) is 0 Å². The van der Waals surface area contributed by atoms with Crippen LogP contribution in [-0.4, -0.2) is 20.6 Å². The number of hydrogen-bond acceptors (Lipinski definition) is 2. The molecule has 0 bridgehead atoms. The minimum absolute atomic E-state index is 0.203. The summed E-state index contributed by atoms with van der Waals surface area (Å²) in [5, 5.41) is 10.1. The van der Waals surface area contributed by atoms with Crippen molar-refractivity contribution < 1.29 is 9.90 Å². The first-order valence-electron chi connectivity index (χ1n) is 6.15. The molecule has 0 aliphatic heterocycles. The zero-order valence-corrected chi connectivity index (χ0v) is 12.5. The van der Waals surface area contributed by atoms with Crippen LogP contribution in [0.4, 0.5) is 0 Å². The maximum absolute atomic E-state index is 11.0. The molecule has 1 heterocycles. The van der Waals surface area contributed by atoms with Crippen molar-refractivity contribution in [1.82, 2.24) is 9.55 Å². The molecule has 6 heteroatoms. The highest BCUT2D eigenvalue weighted by Gasteiger charge is 2.14. The number of carboxylic acid groups (broad SMARTS) is 1. The number of fused-ring (bicyclic) bond motifs is 1. The molecule has 0 spiro atoms. The number of nitrogens with zero attached hydrogens (tertiary/aromatic N) is 2. The van der Waals surface area contributed by atoms with E-state index in [9.17, 15) is 4.79 Å². The smallest absolute Gasteiger partial charge is 0.335 e. The quantitative estimate of drug-likeness (QED) is 0.764. The Balaban J connectivity index is 2.27. The summed E-state index contributed by atoms with van der Waals surface area (Å²) in [5.41, 5.74) is 2.36. The van der Waals surface area contributed by atoms with Gasteiger partial charge in [0.25, 0.3) is 0 Å².